The molecule has 1 saturated heterocycles. The highest BCUT2D eigenvalue weighted by molar-refractivity contribution is 8.09. The minimum atomic E-state index is -3.95. The number of hydrogen-bond donors (Lipinski definition) is 0. The summed E-state index contributed by atoms with van der Waals surface area (Å²) in [6.45, 7) is 6.44. The minimum absolute atomic E-state index is 0.145. The lowest BCUT2D eigenvalue weighted by molar-refractivity contribution is 0.261. The van der Waals surface area contributed by atoms with E-state index >= 15 is 0 Å². The Morgan fingerprint density at radius 2 is 1.56 bits per heavy atom. The molecule has 2 heterocycles. The third-order valence-electron chi connectivity index (χ3n) is 6.00. The van der Waals surface area contributed by atoms with Crippen molar-refractivity contribution >= 4 is 42.3 Å². The van der Waals surface area contributed by atoms with Crippen molar-refractivity contribution in [3.63, 3.8) is 0 Å². The van der Waals surface area contributed by atoms with E-state index in [0.29, 0.717) is 10.1 Å². The maximum absolute atomic E-state index is 12.1. The smallest absolute Gasteiger partial charge is 0.245 e. The number of hydrogen-bond acceptors (Lipinski definition) is 7. The van der Waals surface area contributed by atoms with Gasteiger partial charge in [-0.25, -0.2) is 16.8 Å². The average Bonchev–Trinajstić information content (AvgIpc) is 2.76. The van der Waals surface area contributed by atoms with Crippen molar-refractivity contribution in [1.29, 1.82) is 0 Å². The van der Waals surface area contributed by atoms with Crippen molar-refractivity contribution in [1.82, 2.24) is 9.88 Å². The SMILES string of the molecule is Cc1ccc2c(N3CCN(CCc4cccc(N(S(C)(=O)=O)S(C)(=O)=O)c4)CC3)cccc2n1. The normalized spacial score (nSPS) is 15.6. The molecule has 4 rings (SSSR count). The molecule has 1 fully saturated rings. The molecule has 0 radical (unpaired) electrons. The van der Waals surface area contributed by atoms with Crippen LogP contribution in [0.15, 0.2) is 54.6 Å². The van der Waals surface area contributed by atoms with E-state index in [1.165, 1.54) is 17.1 Å². The average molecular weight is 503 g/mol. The number of benzene rings is 2. The summed E-state index contributed by atoms with van der Waals surface area (Å²) in [5.41, 5.74) is 4.27. The Balaban J connectivity index is 1.40. The molecule has 0 atom stereocenters. The number of anilines is 2. The van der Waals surface area contributed by atoms with Crippen LogP contribution < -0.4 is 8.61 Å². The Morgan fingerprint density at radius 1 is 0.882 bits per heavy atom. The molecule has 0 amide bonds. The molecule has 10 heteroatoms. The van der Waals surface area contributed by atoms with E-state index < -0.39 is 20.0 Å². The molecule has 8 nitrogen and oxygen atoms in total. The van der Waals surface area contributed by atoms with Crippen molar-refractivity contribution in [2.45, 2.75) is 13.3 Å². The van der Waals surface area contributed by atoms with Crippen LogP contribution in [0.5, 0.6) is 0 Å². The Morgan fingerprint density at radius 3 is 2.24 bits per heavy atom. The van der Waals surface area contributed by atoms with Gasteiger partial charge in [-0.1, -0.05) is 18.2 Å². The molecule has 0 aliphatic carbocycles. The van der Waals surface area contributed by atoms with Crippen molar-refractivity contribution in [3.8, 4) is 0 Å². The van der Waals surface area contributed by atoms with Crippen molar-refractivity contribution < 1.29 is 16.8 Å². The van der Waals surface area contributed by atoms with Crippen molar-refractivity contribution in [3.05, 3.63) is 65.9 Å². The van der Waals surface area contributed by atoms with Gasteiger partial charge < -0.3 is 4.90 Å². The molecule has 1 aromatic heterocycles. The zero-order valence-electron chi connectivity index (χ0n) is 19.7. The van der Waals surface area contributed by atoms with Gasteiger partial charge in [0.1, 0.15) is 0 Å². The topological polar surface area (TPSA) is 90.9 Å². The lowest BCUT2D eigenvalue weighted by Gasteiger charge is -2.36. The van der Waals surface area contributed by atoms with E-state index in [2.05, 4.69) is 33.0 Å². The van der Waals surface area contributed by atoms with Crippen molar-refractivity contribution in [2.75, 3.05) is 53.8 Å². The maximum atomic E-state index is 12.1. The fraction of sp³-hybridized carbons (Fsp3) is 0.375. The van der Waals surface area contributed by atoms with Gasteiger partial charge in [0.05, 0.1) is 23.7 Å². The van der Waals surface area contributed by atoms with Gasteiger partial charge in [0.25, 0.3) is 0 Å². The lowest BCUT2D eigenvalue weighted by atomic mass is 10.1. The number of rotatable bonds is 7. The fourth-order valence-electron chi connectivity index (χ4n) is 4.47. The van der Waals surface area contributed by atoms with E-state index in [9.17, 15) is 16.8 Å². The summed E-state index contributed by atoms with van der Waals surface area (Å²) in [4.78, 5) is 9.41. The van der Waals surface area contributed by atoms with Gasteiger partial charge in [0.2, 0.25) is 20.0 Å². The molecule has 0 saturated carbocycles. The molecule has 34 heavy (non-hydrogen) atoms. The summed E-state index contributed by atoms with van der Waals surface area (Å²) in [5, 5.41) is 1.17. The molecular formula is C24H30N4O4S2. The van der Waals surface area contributed by atoms with E-state index in [1.54, 1.807) is 12.1 Å². The van der Waals surface area contributed by atoms with Crippen LogP contribution in [0.3, 0.4) is 0 Å². The summed E-state index contributed by atoms with van der Waals surface area (Å²) >= 11 is 0. The molecule has 0 spiro atoms. The van der Waals surface area contributed by atoms with Gasteiger partial charge in [0, 0.05) is 49.5 Å². The zero-order chi connectivity index (χ0) is 24.5. The van der Waals surface area contributed by atoms with Crippen LogP contribution in [0, 0.1) is 6.92 Å². The second kappa shape index (κ2) is 9.52. The first kappa shape index (κ1) is 24.4. The predicted molar refractivity (Wildman–Crippen MR) is 137 cm³/mol. The third-order valence-corrected chi connectivity index (χ3v) is 9.25. The fourth-order valence-corrected chi connectivity index (χ4v) is 7.43. The van der Waals surface area contributed by atoms with Gasteiger partial charge in [0.15, 0.2) is 0 Å². The van der Waals surface area contributed by atoms with Crippen LogP contribution in [-0.2, 0) is 26.5 Å². The number of aromatic nitrogens is 1. The van der Waals surface area contributed by atoms with E-state index in [1.807, 2.05) is 25.1 Å². The molecule has 1 aliphatic heterocycles. The monoisotopic (exact) mass is 502 g/mol. The van der Waals surface area contributed by atoms with Crippen LogP contribution >= 0.6 is 0 Å². The van der Waals surface area contributed by atoms with Gasteiger partial charge in [-0.15, -0.1) is 0 Å². The molecule has 3 aromatic rings. The van der Waals surface area contributed by atoms with Crippen molar-refractivity contribution in [2.24, 2.45) is 0 Å². The number of aryl methyl sites for hydroxylation is 1. The third kappa shape index (κ3) is 5.51. The predicted octanol–water partition coefficient (Wildman–Crippen LogP) is 2.63. The summed E-state index contributed by atoms with van der Waals surface area (Å²) < 4.78 is 48.8. The number of pyridine rings is 1. The van der Waals surface area contributed by atoms with Crippen LogP contribution in [0.25, 0.3) is 10.9 Å². The molecule has 2 aromatic carbocycles. The zero-order valence-corrected chi connectivity index (χ0v) is 21.3. The summed E-state index contributed by atoms with van der Waals surface area (Å²) in [7, 11) is -7.91. The number of piperazine rings is 1. The highest BCUT2D eigenvalue weighted by Crippen LogP contribution is 2.27. The molecular weight excluding hydrogens is 472 g/mol. The standard InChI is InChI=1S/C24H30N4O4S2/c1-19-10-11-22-23(25-19)8-5-9-24(22)27-16-14-26(15-17-27)13-12-20-6-4-7-21(18-20)28(33(2,29)30)34(3,31)32/h4-11,18H,12-17H2,1-3H3. The number of sulfonamides is 2. The largest absolute Gasteiger partial charge is 0.368 e. The Bertz CT molecular complexity index is 1370. The Hall–Kier alpha value is -2.69. The van der Waals surface area contributed by atoms with E-state index in [0.717, 1.165) is 62.0 Å². The summed E-state index contributed by atoms with van der Waals surface area (Å²) in [5.74, 6) is 0. The molecule has 0 N–H and O–H groups in total. The first-order valence-electron chi connectivity index (χ1n) is 11.2. The molecule has 0 unspecified atom stereocenters. The molecule has 0 bridgehead atoms. The quantitative estimate of drug-likeness (QED) is 0.491. The summed E-state index contributed by atoms with van der Waals surface area (Å²) in [6, 6.07) is 17.2. The first-order chi connectivity index (χ1) is 16.0. The maximum Gasteiger partial charge on any atom is 0.245 e. The van der Waals surface area contributed by atoms with Gasteiger partial charge >= 0.3 is 0 Å². The van der Waals surface area contributed by atoms with Crippen LogP contribution in [0.4, 0.5) is 11.4 Å². The van der Waals surface area contributed by atoms with Crippen LogP contribution in [0.2, 0.25) is 0 Å². The highest BCUT2D eigenvalue weighted by Gasteiger charge is 2.27. The number of fused-ring (bicyclic) bond motifs is 1. The van der Waals surface area contributed by atoms with Gasteiger partial charge in [-0.05, 0) is 55.3 Å². The second-order valence-corrected chi connectivity index (χ2v) is 12.7. The molecule has 182 valence electrons. The van der Waals surface area contributed by atoms with Crippen LogP contribution in [-0.4, -0.2) is 72.0 Å². The summed E-state index contributed by atoms with van der Waals surface area (Å²) in [6.07, 6.45) is 2.49. The lowest BCUT2D eigenvalue weighted by Crippen LogP contribution is -2.47. The highest BCUT2D eigenvalue weighted by atomic mass is 32.3. The second-order valence-electron chi connectivity index (χ2n) is 8.77. The van der Waals surface area contributed by atoms with Gasteiger partial charge in [-0.3, -0.25) is 9.88 Å². The first-order valence-corrected chi connectivity index (χ1v) is 14.9. The Labute approximate surface area is 201 Å². The number of nitrogens with zero attached hydrogens (tertiary/aromatic N) is 4. The van der Waals surface area contributed by atoms with Gasteiger partial charge in [-0.2, -0.15) is 3.71 Å². The minimum Gasteiger partial charge on any atom is -0.368 e. The van der Waals surface area contributed by atoms with Crippen LogP contribution in [0.1, 0.15) is 11.3 Å². The Kier molecular flexibility index (Phi) is 6.84. The van der Waals surface area contributed by atoms with E-state index in [-0.39, 0.29) is 5.69 Å². The molecule has 1 aliphatic rings. The van der Waals surface area contributed by atoms with E-state index in [4.69, 9.17) is 0 Å².